The van der Waals surface area contributed by atoms with Gasteiger partial charge in [0.05, 0.1) is 0 Å². The van der Waals surface area contributed by atoms with Crippen LogP contribution in [0.2, 0.25) is 0 Å². The lowest BCUT2D eigenvalue weighted by Crippen LogP contribution is -1.97. The lowest BCUT2D eigenvalue weighted by molar-refractivity contribution is 0.116. The molecule has 0 aliphatic rings. The standard InChI is InChI=1S/C18H13F2N3O/c19-16(20)18-22-21-17(24-18)14-7-5-12(6-8-14)11-23-10-9-13-3-1-2-4-15(13)23/h1-10,16H,11H2. The maximum Gasteiger partial charge on any atom is 0.314 e. The summed E-state index contributed by atoms with van der Waals surface area (Å²) in [5, 5.41) is 8.18. The van der Waals surface area contributed by atoms with Crippen LogP contribution in [0, 0.1) is 0 Å². The number of hydrogen-bond acceptors (Lipinski definition) is 3. The molecule has 0 amide bonds. The Morgan fingerprint density at radius 1 is 0.958 bits per heavy atom. The molecular weight excluding hydrogens is 312 g/mol. The zero-order valence-corrected chi connectivity index (χ0v) is 12.6. The summed E-state index contributed by atoms with van der Waals surface area (Å²) in [5.41, 5.74) is 2.88. The molecule has 120 valence electrons. The summed E-state index contributed by atoms with van der Waals surface area (Å²) in [4.78, 5) is 0. The number of rotatable bonds is 4. The van der Waals surface area contributed by atoms with E-state index in [9.17, 15) is 8.78 Å². The molecule has 2 aromatic heterocycles. The number of benzene rings is 2. The van der Waals surface area contributed by atoms with Crippen molar-refractivity contribution in [2.75, 3.05) is 0 Å². The zero-order valence-electron chi connectivity index (χ0n) is 12.6. The fraction of sp³-hybridized carbons (Fsp3) is 0.111. The Morgan fingerprint density at radius 2 is 1.75 bits per heavy atom. The first-order valence-electron chi connectivity index (χ1n) is 7.45. The highest BCUT2D eigenvalue weighted by molar-refractivity contribution is 5.80. The molecule has 0 N–H and O–H groups in total. The third kappa shape index (κ3) is 2.67. The normalized spacial score (nSPS) is 11.5. The van der Waals surface area contributed by atoms with Gasteiger partial charge in [-0.3, -0.25) is 0 Å². The minimum atomic E-state index is -2.76. The van der Waals surface area contributed by atoms with Crippen molar-refractivity contribution in [3.05, 3.63) is 72.2 Å². The van der Waals surface area contributed by atoms with E-state index >= 15 is 0 Å². The van der Waals surface area contributed by atoms with Gasteiger partial charge in [-0.15, -0.1) is 10.2 Å². The van der Waals surface area contributed by atoms with Gasteiger partial charge in [-0.05, 0) is 35.2 Å². The highest BCUT2D eigenvalue weighted by Crippen LogP contribution is 2.24. The van der Waals surface area contributed by atoms with E-state index in [1.165, 1.54) is 10.9 Å². The molecule has 24 heavy (non-hydrogen) atoms. The number of nitrogens with zero attached hydrogens (tertiary/aromatic N) is 3. The lowest BCUT2D eigenvalue weighted by Gasteiger charge is -2.06. The molecule has 0 fully saturated rings. The van der Waals surface area contributed by atoms with Gasteiger partial charge in [-0.25, -0.2) is 0 Å². The summed E-state index contributed by atoms with van der Waals surface area (Å²) in [6.07, 6.45) is -0.710. The highest BCUT2D eigenvalue weighted by Gasteiger charge is 2.16. The van der Waals surface area contributed by atoms with Crippen molar-refractivity contribution in [3.8, 4) is 11.5 Å². The molecular formula is C18H13F2N3O. The van der Waals surface area contributed by atoms with Gasteiger partial charge in [0.1, 0.15) is 0 Å². The van der Waals surface area contributed by atoms with Gasteiger partial charge in [-0.1, -0.05) is 30.3 Å². The molecule has 0 aliphatic carbocycles. The van der Waals surface area contributed by atoms with Crippen LogP contribution >= 0.6 is 0 Å². The smallest absolute Gasteiger partial charge is 0.314 e. The van der Waals surface area contributed by atoms with Crippen molar-refractivity contribution in [3.63, 3.8) is 0 Å². The molecule has 4 aromatic rings. The van der Waals surface area contributed by atoms with Crippen LogP contribution in [0.25, 0.3) is 22.4 Å². The summed E-state index contributed by atoms with van der Waals surface area (Å²) in [7, 11) is 0. The molecule has 2 aromatic carbocycles. The first-order chi connectivity index (χ1) is 11.7. The first-order valence-corrected chi connectivity index (χ1v) is 7.45. The number of aromatic nitrogens is 3. The van der Waals surface area contributed by atoms with Gasteiger partial charge < -0.3 is 8.98 Å². The van der Waals surface area contributed by atoms with Crippen molar-refractivity contribution in [2.24, 2.45) is 0 Å². The molecule has 0 spiro atoms. The molecule has 0 saturated carbocycles. The maximum atomic E-state index is 12.5. The van der Waals surface area contributed by atoms with E-state index in [1.54, 1.807) is 12.1 Å². The number of halogens is 2. The van der Waals surface area contributed by atoms with Crippen molar-refractivity contribution >= 4 is 10.9 Å². The predicted molar refractivity (Wildman–Crippen MR) is 85.7 cm³/mol. The van der Waals surface area contributed by atoms with E-state index in [0.29, 0.717) is 5.56 Å². The maximum absolute atomic E-state index is 12.5. The van der Waals surface area contributed by atoms with Gasteiger partial charge >= 0.3 is 6.43 Å². The van der Waals surface area contributed by atoms with E-state index in [4.69, 9.17) is 4.42 Å². The largest absolute Gasteiger partial charge is 0.415 e. The minimum Gasteiger partial charge on any atom is -0.415 e. The molecule has 0 bridgehead atoms. The molecule has 4 rings (SSSR count). The quantitative estimate of drug-likeness (QED) is 0.547. The van der Waals surface area contributed by atoms with Crippen LogP contribution in [0.3, 0.4) is 0 Å². The monoisotopic (exact) mass is 325 g/mol. The summed E-state index contributed by atoms with van der Waals surface area (Å²) in [6.45, 7) is 0.722. The number of para-hydroxylation sites is 1. The fourth-order valence-electron chi connectivity index (χ4n) is 2.67. The van der Waals surface area contributed by atoms with Crippen LogP contribution in [0.5, 0.6) is 0 Å². The Hall–Kier alpha value is -3.02. The van der Waals surface area contributed by atoms with E-state index in [2.05, 4.69) is 33.0 Å². The molecule has 6 heteroatoms. The molecule has 0 radical (unpaired) electrons. The lowest BCUT2D eigenvalue weighted by atomic mass is 10.1. The Morgan fingerprint density at radius 3 is 2.50 bits per heavy atom. The third-order valence-electron chi connectivity index (χ3n) is 3.86. The molecule has 0 aliphatic heterocycles. The average Bonchev–Trinajstić information content (AvgIpc) is 3.24. The molecule has 4 nitrogen and oxygen atoms in total. The summed E-state index contributed by atoms with van der Waals surface area (Å²) < 4.78 is 32.1. The molecule has 0 saturated heterocycles. The average molecular weight is 325 g/mol. The third-order valence-corrected chi connectivity index (χ3v) is 3.86. The van der Waals surface area contributed by atoms with E-state index in [-0.39, 0.29) is 5.89 Å². The first kappa shape index (κ1) is 14.6. The number of hydrogen-bond donors (Lipinski definition) is 0. The predicted octanol–water partition coefficient (Wildman–Crippen LogP) is 4.68. The Kier molecular flexibility index (Phi) is 3.57. The Balaban J connectivity index is 1.57. The number of alkyl halides is 2. The highest BCUT2D eigenvalue weighted by atomic mass is 19.3. The van der Waals surface area contributed by atoms with Gasteiger partial charge in [0, 0.05) is 23.8 Å². The summed E-state index contributed by atoms with van der Waals surface area (Å²) in [5.74, 6) is -0.559. The van der Waals surface area contributed by atoms with Crippen molar-refractivity contribution in [1.82, 2.24) is 14.8 Å². The van der Waals surface area contributed by atoms with Crippen LogP contribution in [0.15, 0.2) is 65.2 Å². The van der Waals surface area contributed by atoms with Gasteiger partial charge in [0.2, 0.25) is 5.89 Å². The second kappa shape index (κ2) is 5.88. The topological polar surface area (TPSA) is 43.9 Å². The Labute approximate surface area is 136 Å². The minimum absolute atomic E-state index is 0.100. The SMILES string of the molecule is FC(F)c1nnc(-c2ccc(Cn3ccc4ccccc43)cc2)o1. The van der Waals surface area contributed by atoms with Gasteiger partial charge in [0.25, 0.3) is 5.89 Å². The van der Waals surface area contributed by atoms with Crippen LogP contribution in [0.1, 0.15) is 17.9 Å². The summed E-state index contributed by atoms with van der Waals surface area (Å²) >= 11 is 0. The van der Waals surface area contributed by atoms with Crippen molar-refractivity contribution < 1.29 is 13.2 Å². The van der Waals surface area contributed by atoms with Crippen molar-refractivity contribution in [2.45, 2.75) is 13.0 Å². The molecule has 0 atom stereocenters. The second-order valence-electron chi connectivity index (χ2n) is 5.45. The van der Waals surface area contributed by atoms with Gasteiger partial charge in [0.15, 0.2) is 0 Å². The Bertz CT molecular complexity index is 973. The van der Waals surface area contributed by atoms with Crippen LogP contribution in [-0.2, 0) is 6.54 Å². The van der Waals surface area contributed by atoms with E-state index in [1.807, 2.05) is 30.5 Å². The second-order valence-corrected chi connectivity index (χ2v) is 5.45. The zero-order chi connectivity index (χ0) is 16.5. The molecule has 0 unspecified atom stereocenters. The summed E-state index contributed by atoms with van der Waals surface area (Å²) in [6, 6.07) is 17.7. The van der Waals surface area contributed by atoms with Crippen molar-refractivity contribution in [1.29, 1.82) is 0 Å². The van der Waals surface area contributed by atoms with Gasteiger partial charge in [-0.2, -0.15) is 8.78 Å². The van der Waals surface area contributed by atoms with Crippen LogP contribution in [0.4, 0.5) is 8.78 Å². The van der Waals surface area contributed by atoms with Crippen LogP contribution in [-0.4, -0.2) is 14.8 Å². The van der Waals surface area contributed by atoms with Crippen LogP contribution < -0.4 is 0 Å². The van der Waals surface area contributed by atoms with E-state index < -0.39 is 12.3 Å². The fourth-order valence-corrected chi connectivity index (χ4v) is 2.67. The van der Waals surface area contributed by atoms with E-state index in [0.717, 1.165) is 12.1 Å². The molecule has 2 heterocycles. The number of fused-ring (bicyclic) bond motifs is 1.